The molecule has 9 nitrogen and oxygen atoms in total. The summed E-state index contributed by atoms with van der Waals surface area (Å²) in [7, 11) is 1.63. The van der Waals surface area contributed by atoms with Gasteiger partial charge in [-0.25, -0.2) is 9.67 Å². The molecule has 1 aromatic carbocycles. The van der Waals surface area contributed by atoms with E-state index in [-0.39, 0.29) is 5.92 Å². The van der Waals surface area contributed by atoms with Crippen molar-refractivity contribution in [3.05, 3.63) is 60.7 Å². The number of hydrogen-bond acceptors (Lipinski definition) is 7. The van der Waals surface area contributed by atoms with Crippen molar-refractivity contribution in [1.29, 1.82) is 5.26 Å². The Bertz CT molecular complexity index is 1310. The molecule has 34 heavy (non-hydrogen) atoms. The van der Waals surface area contributed by atoms with E-state index in [4.69, 9.17) is 20.2 Å². The number of anilines is 1. The molecule has 0 spiro atoms. The van der Waals surface area contributed by atoms with Crippen molar-refractivity contribution in [2.24, 2.45) is 0 Å². The quantitative estimate of drug-likeness (QED) is 0.420. The van der Waals surface area contributed by atoms with Crippen molar-refractivity contribution < 1.29 is 9.47 Å². The summed E-state index contributed by atoms with van der Waals surface area (Å²) in [5.74, 6) is 0.741. The molecule has 3 aromatic heterocycles. The van der Waals surface area contributed by atoms with Gasteiger partial charge in [-0.1, -0.05) is 18.2 Å². The summed E-state index contributed by atoms with van der Waals surface area (Å²) >= 11 is 0. The van der Waals surface area contributed by atoms with Gasteiger partial charge in [0.15, 0.2) is 11.2 Å². The first-order chi connectivity index (χ1) is 16.6. The molecule has 1 aliphatic rings. The van der Waals surface area contributed by atoms with Crippen LogP contribution >= 0.6 is 0 Å². The van der Waals surface area contributed by atoms with Crippen molar-refractivity contribution >= 4 is 11.5 Å². The molecule has 1 saturated carbocycles. The van der Waals surface area contributed by atoms with E-state index in [0.29, 0.717) is 37.5 Å². The maximum Gasteiger partial charge on any atom is 0.165 e. The monoisotopic (exact) mass is 457 g/mol. The minimum Gasteiger partial charge on any atom is -0.384 e. The van der Waals surface area contributed by atoms with E-state index in [1.165, 1.54) is 0 Å². The smallest absolute Gasteiger partial charge is 0.165 e. The standard InChI is InChI=1S/C25H27N7O2/c1-33-11-12-34-25(17-26)9-7-18(8-10-25)22-13-23(27)32-24(30-22)21(15-29-32)19-14-28-31(16-19)20-5-3-2-4-6-20/h2-6,13-16,18H,7-12,27H2,1H3. The predicted molar refractivity (Wildman–Crippen MR) is 127 cm³/mol. The topological polar surface area (TPSA) is 116 Å². The first-order valence-corrected chi connectivity index (χ1v) is 11.4. The number of nitrogens with two attached hydrogens (primary N) is 1. The van der Waals surface area contributed by atoms with Crippen molar-refractivity contribution in [2.45, 2.75) is 37.2 Å². The van der Waals surface area contributed by atoms with Gasteiger partial charge in [0.2, 0.25) is 0 Å². The Kier molecular flexibility index (Phi) is 6.01. The summed E-state index contributed by atoms with van der Waals surface area (Å²) in [5.41, 5.74) is 10.0. The van der Waals surface area contributed by atoms with Crippen molar-refractivity contribution in [2.75, 3.05) is 26.1 Å². The molecule has 0 saturated heterocycles. The highest BCUT2D eigenvalue weighted by Gasteiger charge is 2.37. The number of hydrogen-bond donors (Lipinski definition) is 1. The maximum atomic E-state index is 9.73. The van der Waals surface area contributed by atoms with Gasteiger partial charge in [-0.3, -0.25) is 0 Å². The molecule has 3 heterocycles. The number of fused-ring (bicyclic) bond motifs is 1. The first-order valence-electron chi connectivity index (χ1n) is 11.4. The lowest BCUT2D eigenvalue weighted by molar-refractivity contribution is -0.0494. The Hall–Kier alpha value is -3.74. The Morgan fingerprint density at radius 1 is 1.15 bits per heavy atom. The zero-order valence-electron chi connectivity index (χ0n) is 19.1. The number of aromatic nitrogens is 5. The lowest BCUT2D eigenvalue weighted by atomic mass is 9.78. The zero-order chi connectivity index (χ0) is 23.5. The molecule has 4 aromatic rings. The van der Waals surface area contributed by atoms with Crippen LogP contribution in [0, 0.1) is 11.3 Å². The number of nitrogen functional groups attached to an aromatic ring is 1. The first kappa shape index (κ1) is 22.1. The number of methoxy groups -OCH3 is 1. The largest absolute Gasteiger partial charge is 0.384 e. The number of ether oxygens (including phenoxy) is 2. The molecule has 2 N–H and O–H groups in total. The SMILES string of the molecule is COCCOC1(C#N)CCC(c2cc(N)n3ncc(-c4cnn(-c5ccccc5)c4)c3n2)CC1. The van der Waals surface area contributed by atoms with Crippen LogP contribution in [0.3, 0.4) is 0 Å². The fraction of sp³-hybridized carbons (Fsp3) is 0.360. The van der Waals surface area contributed by atoms with E-state index in [9.17, 15) is 5.26 Å². The molecule has 0 bridgehead atoms. The van der Waals surface area contributed by atoms with Crippen LogP contribution in [0.2, 0.25) is 0 Å². The minimum absolute atomic E-state index is 0.203. The van der Waals surface area contributed by atoms with E-state index < -0.39 is 5.60 Å². The number of para-hydroxylation sites is 1. The number of rotatable bonds is 7. The lowest BCUT2D eigenvalue weighted by Gasteiger charge is -2.34. The molecule has 1 aliphatic carbocycles. The zero-order valence-corrected chi connectivity index (χ0v) is 19.1. The second-order valence-corrected chi connectivity index (χ2v) is 8.63. The van der Waals surface area contributed by atoms with Crippen LogP contribution in [-0.2, 0) is 9.47 Å². The highest BCUT2D eigenvalue weighted by Crippen LogP contribution is 2.40. The van der Waals surface area contributed by atoms with Gasteiger partial charge in [-0.05, 0) is 37.8 Å². The van der Waals surface area contributed by atoms with Crippen LogP contribution in [0.4, 0.5) is 5.82 Å². The Morgan fingerprint density at radius 3 is 2.68 bits per heavy atom. The molecule has 0 unspecified atom stereocenters. The average Bonchev–Trinajstić information content (AvgIpc) is 3.53. The molecule has 0 radical (unpaired) electrons. The molecule has 0 aliphatic heterocycles. The molecule has 174 valence electrons. The predicted octanol–water partition coefficient (Wildman–Crippen LogP) is 3.75. The normalized spacial score (nSPS) is 20.4. The molecule has 9 heteroatoms. The van der Waals surface area contributed by atoms with Gasteiger partial charge in [-0.15, -0.1) is 0 Å². The molecular weight excluding hydrogens is 430 g/mol. The summed E-state index contributed by atoms with van der Waals surface area (Å²) in [6.07, 6.45) is 8.47. The van der Waals surface area contributed by atoms with Crippen LogP contribution in [0.1, 0.15) is 37.3 Å². The molecule has 0 amide bonds. The number of nitrogens with zero attached hydrogens (tertiary/aromatic N) is 6. The highest BCUT2D eigenvalue weighted by molar-refractivity contribution is 5.77. The fourth-order valence-electron chi connectivity index (χ4n) is 4.59. The summed E-state index contributed by atoms with van der Waals surface area (Å²) in [4.78, 5) is 4.97. The second kappa shape index (κ2) is 9.25. The van der Waals surface area contributed by atoms with Crippen LogP contribution in [0.5, 0.6) is 0 Å². The van der Waals surface area contributed by atoms with E-state index >= 15 is 0 Å². The van der Waals surface area contributed by atoms with Crippen molar-refractivity contribution in [3.63, 3.8) is 0 Å². The number of nitriles is 1. The molecule has 5 rings (SSSR count). The third kappa shape index (κ3) is 4.14. The van der Waals surface area contributed by atoms with Gasteiger partial charge in [-0.2, -0.15) is 20.0 Å². The summed E-state index contributed by atoms with van der Waals surface area (Å²) in [6, 6.07) is 14.2. The van der Waals surface area contributed by atoms with Crippen LogP contribution in [-0.4, -0.2) is 50.3 Å². The van der Waals surface area contributed by atoms with Crippen LogP contribution in [0.25, 0.3) is 22.5 Å². The highest BCUT2D eigenvalue weighted by atomic mass is 16.5. The summed E-state index contributed by atoms with van der Waals surface area (Å²) in [5, 5.41) is 18.7. The van der Waals surface area contributed by atoms with Gasteiger partial charge in [0.25, 0.3) is 0 Å². The van der Waals surface area contributed by atoms with Crippen LogP contribution < -0.4 is 5.73 Å². The number of benzene rings is 1. The van der Waals surface area contributed by atoms with Crippen molar-refractivity contribution in [1.82, 2.24) is 24.4 Å². The van der Waals surface area contributed by atoms with Crippen LogP contribution in [0.15, 0.2) is 55.0 Å². The molecular formula is C25H27N7O2. The Morgan fingerprint density at radius 2 is 1.94 bits per heavy atom. The van der Waals surface area contributed by atoms with Gasteiger partial charge >= 0.3 is 0 Å². The minimum atomic E-state index is -0.752. The van der Waals surface area contributed by atoms with Gasteiger partial charge in [0.1, 0.15) is 5.82 Å². The Balaban J connectivity index is 1.40. The maximum absolute atomic E-state index is 9.73. The Labute approximate surface area is 197 Å². The van der Waals surface area contributed by atoms with E-state index in [0.717, 1.165) is 35.3 Å². The van der Waals surface area contributed by atoms with E-state index in [1.54, 1.807) is 17.8 Å². The average molecular weight is 458 g/mol. The van der Waals surface area contributed by atoms with Gasteiger partial charge in [0.05, 0.1) is 37.4 Å². The third-order valence-electron chi connectivity index (χ3n) is 6.51. The molecule has 1 fully saturated rings. The third-order valence-corrected chi connectivity index (χ3v) is 6.51. The molecule has 0 atom stereocenters. The van der Waals surface area contributed by atoms with E-state index in [2.05, 4.69) is 16.3 Å². The summed E-state index contributed by atoms with van der Waals surface area (Å²) < 4.78 is 14.4. The second-order valence-electron chi connectivity index (χ2n) is 8.63. The van der Waals surface area contributed by atoms with Crippen molar-refractivity contribution in [3.8, 4) is 22.9 Å². The lowest BCUT2D eigenvalue weighted by Crippen LogP contribution is -2.36. The van der Waals surface area contributed by atoms with E-state index in [1.807, 2.05) is 53.5 Å². The van der Waals surface area contributed by atoms with Gasteiger partial charge in [0, 0.05) is 42.1 Å². The fourth-order valence-corrected chi connectivity index (χ4v) is 4.59. The van der Waals surface area contributed by atoms with Gasteiger partial charge < -0.3 is 15.2 Å². The summed E-state index contributed by atoms with van der Waals surface area (Å²) in [6.45, 7) is 0.897.